The molecule has 3 aromatic rings. The second-order valence-electron chi connectivity index (χ2n) is 5.41. The number of carbonyl (C=O) groups is 1. The standard InChI is InChI=1S/C18H14N2O2/c1-11(2)15-8-14(19-3)9-16-17(15)22-18(20-16)13-6-4-12(10-21)5-7-13/h4-11H,1-2H3. The van der Waals surface area contributed by atoms with Crippen LogP contribution in [0.4, 0.5) is 5.69 Å². The summed E-state index contributed by atoms with van der Waals surface area (Å²) in [6, 6.07) is 10.7. The number of oxazole rings is 1. The van der Waals surface area contributed by atoms with Crippen LogP contribution in [-0.2, 0) is 0 Å². The van der Waals surface area contributed by atoms with Gasteiger partial charge in [0.2, 0.25) is 5.89 Å². The zero-order valence-electron chi connectivity index (χ0n) is 12.3. The smallest absolute Gasteiger partial charge is 0.227 e. The average molecular weight is 290 g/mol. The van der Waals surface area contributed by atoms with Crippen molar-refractivity contribution in [2.24, 2.45) is 0 Å². The molecule has 0 radical (unpaired) electrons. The van der Waals surface area contributed by atoms with Crippen LogP contribution < -0.4 is 0 Å². The number of fused-ring (bicyclic) bond motifs is 1. The van der Waals surface area contributed by atoms with Crippen LogP contribution in [-0.4, -0.2) is 11.3 Å². The molecular formula is C18H14N2O2. The van der Waals surface area contributed by atoms with Crippen molar-refractivity contribution in [2.75, 3.05) is 0 Å². The number of hydrogen-bond donors (Lipinski definition) is 0. The van der Waals surface area contributed by atoms with E-state index in [-0.39, 0.29) is 5.92 Å². The lowest BCUT2D eigenvalue weighted by Gasteiger charge is -2.05. The van der Waals surface area contributed by atoms with Gasteiger partial charge >= 0.3 is 0 Å². The predicted octanol–water partition coefficient (Wildman–Crippen LogP) is 4.98. The number of rotatable bonds is 3. The van der Waals surface area contributed by atoms with Crippen molar-refractivity contribution in [2.45, 2.75) is 19.8 Å². The van der Waals surface area contributed by atoms with Gasteiger partial charge in [-0.1, -0.05) is 26.0 Å². The fourth-order valence-corrected chi connectivity index (χ4v) is 2.36. The Labute approximate surface area is 128 Å². The minimum Gasteiger partial charge on any atom is -0.436 e. The van der Waals surface area contributed by atoms with Gasteiger partial charge < -0.3 is 4.42 Å². The zero-order chi connectivity index (χ0) is 15.7. The van der Waals surface area contributed by atoms with Gasteiger partial charge in [-0.15, -0.1) is 0 Å². The van der Waals surface area contributed by atoms with Crippen LogP contribution in [0.25, 0.3) is 27.4 Å². The van der Waals surface area contributed by atoms with Crippen molar-refractivity contribution in [1.29, 1.82) is 0 Å². The van der Waals surface area contributed by atoms with Gasteiger partial charge in [0.25, 0.3) is 0 Å². The minimum atomic E-state index is 0.238. The van der Waals surface area contributed by atoms with Gasteiger partial charge in [-0.2, -0.15) is 0 Å². The number of nitrogens with zero attached hydrogens (tertiary/aromatic N) is 2. The molecule has 1 heterocycles. The van der Waals surface area contributed by atoms with Gasteiger partial charge in [-0.3, -0.25) is 4.79 Å². The van der Waals surface area contributed by atoms with Crippen molar-refractivity contribution in [3.8, 4) is 11.5 Å². The van der Waals surface area contributed by atoms with E-state index in [2.05, 4.69) is 23.7 Å². The quantitative estimate of drug-likeness (QED) is 0.504. The Kier molecular flexibility index (Phi) is 3.48. The summed E-state index contributed by atoms with van der Waals surface area (Å²) in [5.41, 5.74) is 4.36. The highest BCUT2D eigenvalue weighted by Gasteiger charge is 2.15. The molecule has 0 unspecified atom stereocenters. The van der Waals surface area contributed by atoms with Crippen LogP contribution in [0.2, 0.25) is 0 Å². The molecule has 0 aliphatic heterocycles. The normalized spacial score (nSPS) is 10.8. The molecule has 108 valence electrons. The number of aldehydes is 1. The van der Waals surface area contributed by atoms with E-state index in [0.717, 1.165) is 23.0 Å². The van der Waals surface area contributed by atoms with Crippen molar-refractivity contribution in [3.63, 3.8) is 0 Å². The van der Waals surface area contributed by atoms with Crippen LogP contribution in [0, 0.1) is 6.57 Å². The van der Waals surface area contributed by atoms with Gasteiger partial charge in [0.05, 0.1) is 12.1 Å². The van der Waals surface area contributed by atoms with Crippen LogP contribution in [0.5, 0.6) is 0 Å². The summed E-state index contributed by atoms with van der Waals surface area (Å²) < 4.78 is 5.92. The summed E-state index contributed by atoms with van der Waals surface area (Å²) in [4.78, 5) is 18.7. The SMILES string of the molecule is [C-]#[N+]c1cc(C(C)C)c2oc(-c3ccc(C=O)cc3)nc2c1. The van der Waals surface area contributed by atoms with Crippen LogP contribution in [0.1, 0.15) is 35.7 Å². The van der Waals surface area contributed by atoms with E-state index in [9.17, 15) is 4.79 Å². The summed E-state index contributed by atoms with van der Waals surface area (Å²) in [5.74, 6) is 0.735. The molecule has 0 aliphatic rings. The fraction of sp³-hybridized carbons (Fsp3) is 0.167. The molecule has 0 aliphatic carbocycles. The Hall–Kier alpha value is -2.93. The van der Waals surface area contributed by atoms with Crippen LogP contribution >= 0.6 is 0 Å². The van der Waals surface area contributed by atoms with Crippen molar-refractivity contribution in [1.82, 2.24) is 4.98 Å². The van der Waals surface area contributed by atoms with E-state index in [0.29, 0.717) is 22.7 Å². The number of benzene rings is 2. The molecule has 2 aromatic carbocycles. The molecule has 0 saturated carbocycles. The molecular weight excluding hydrogens is 276 g/mol. The van der Waals surface area contributed by atoms with Gasteiger partial charge in [0, 0.05) is 11.1 Å². The van der Waals surface area contributed by atoms with E-state index in [1.807, 2.05) is 6.07 Å². The molecule has 4 heteroatoms. The van der Waals surface area contributed by atoms with Crippen molar-refractivity contribution >= 4 is 23.1 Å². The molecule has 0 spiro atoms. The molecule has 0 amide bonds. The summed E-state index contributed by atoms with van der Waals surface area (Å²) in [6.07, 6.45) is 0.800. The van der Waals surface area contributed by atoms with E-state index in [1.54, 1.807) is 30.3 Å². The molecule has 0 N–H and O–H groups in total. The summed E-state index contributed by atoms with van der Waals surface area (Å²) in [6.45, 7) is 11.3. The third kappa shape index (κ3) is 2.38. The Morgan fingerprint density at radius 1 is 1.23 bits per heavy atom. The lowest BCUT2D eigenvalue weighted by molar-refractivity contribution is 0.112. The van der Waals surface area contributed by atoms with Gasteiger partial charge in [-0.25, -0.2) is 9.83 Å². The molecule has 0 saturated heterocycles. The highest BCUT2D eigenvalue weighted by Crippen LogP contribution is 2.33. The van der Waals surface area contributed by atoms with Crippen LogP contribution in [0.15, 0.2) is 40.8 Å². The third-order valence-electron chi connectivity index (χ3n) is 3.55. The summed E-state index contributed by atoms with van der Waals surface area (Å²) in [7, 11) is 0. The number of carbonyl (C=O) groups excluding carboxylic acids is 1. The second kappa shape index (κ2) is 5.45. The monoisotopic (exact) mass is 290 g/mol. The maximum atomic E-state index is 10.7. The number of hydrogen-bond acceptors (Lipinski definition) is 3. The van der Waals surface area contributed by atoms with Crippen molar-refractivity contribution in [3.05, 3.63) is 58.9 Å². The van der Waals surface area contributed by atoms with E-state index >= 15 is 0 Å². The van der Waals surface area contributed by atoms with Crippen molar-refractivity contribution < 1.29 is 9.21 Å². The molecule has 4 nitrogen and oxygen atoms in total. The van der Waals surface area contributed by atoms with Gasteiger partial charge in [-0.05, 0) is 35.7 Å². The van der Waals surface area contributed by atoms with E-state index in [4.69, 9.17) is 11.0 Å². The predicted molar refractivity (Wildman–Crippen MR) is 85.2 cm³/mol. The third-order valence-corrected chi connectivity index (χ3v) is 3.55. The van der Waals surface area contributed by atoms with Gasteiger partial charge in [0.15, 0.2) is 11.3 Å². The molecule has 0 fully saturated rings. The highest BCUT2D eigenvalue weighted by atomic mass is 16.3. The fourth-order valence-electron chi connectivity index (χ4n) is 2.36. The lowest BCUT2D eigenvalue weighted by Crippen LogP contribution is -1.87. The Balaban J connectivity index is 2.18. The molecule has 0 atom stereocenters. The topological polar surface area (TPSA) is 47.5 Å². The highest BCUT2D eigenvalue weighted by molar-refractivity contribution is 5.84. The summed E-state index contributed by atoms with van der Waals surface area (Å²) >= 11 is 0. The Morgan fingerprint density at radius 3 is 2.55 bits per heavy atom. The first-order valence-electron chi connectivity index (χ1n) is 7.00. The molecule has 3 rings (SSSR count). The maximum Gasteiger partial charge on any atom is 0.227 e. The van der Waals surface area contributed by atoms with E-state index < -0.39 is 0 Å². The average Bonchev–Trinajstić information content (AvgIpc) is 2.97. The molecule has 1 aromatic heterocycles. The second-order valence-corrected chi connectivity index (χ2v) is 5.41. The van der Waals surface area contributed by atoms with Crippen LogP contribution in [0.3, 0.4) is 0 Å². The summed E-state index contributed by atoms with van der Waals surface area (Å²) in [5, 5.41) is 0. The maximum absolute atomic E-state index is 10.7. The molecule has 22 heavy (non-hydrogen) atoms. The molecule has 0 bridgehead atoms. The van der Waals surface area contributed by atoms with E-state index in [1.165, 1.54) is 0 Å². The minimum absolute atomic E-state index is 0.238. The largest absolute Gasteiger partial charge is 0.436 e. The first-order chi connectivity index (χ1) is 10.6. The lowest BCUT2D eigenvalue weighted by atomic mass is 10.0. The zero-order valence-corrected chi connectivity index (χ0v) is 12.3. The Bertz CT molecular complexity index is 884. The Morgan fingerprint density at radius 2 is 1.95 bits per heavy atom. The first kappa shape index (κ1) is 14.0. The number of aromatic nitrogens is 1. The first-order valence-corrected chi connectivity index (χ1v) is 7.00. The van der Waals surface area contributed by atoms with Gasteiger partial charge in [0.1, 0.15) is 6.29 Å².